The summed E-state index contributed by atoms with van der Waals surface area (Å²) in [6.07, 6.45) is 3.31. The summed E-state index contributed by atoms with van der Waals surface area (Å²) in [6.45, 7) is 32.7. The fraction of sp³-hybridized carbons (Fsp3) is 1.00. The van der Waals surface area contributed by atoms with E-state index < -0.39 is 53.4 Å². The Bertz CT molecular complexity index is 324. The van der Waals surface area contributed by atoms with Gasteiger partial charge >= 0.3 is 150 Å². The summed E-state index contributed by atoms with van der Waals surface area (Å²) in [6, 6.07) is 0. The van der Waals surface area contributed by atoms with Gasteiger partial charge in [0, 0.05) is 0 Å². The molecular formula is C16H42Si4Sn. The first-order valence-electron chi connectivity index (χ1n) is 8.91. The minimum atomic E-state index is -1.06. The van der Waals surface area contributed by atoms with Gasteiger partial charge in [-0.1, -0.05) is 0 Å². The van der Waals surface area contributed by atoms with Crippen molar-refractivity contribution in [2.75, 3.05) is 0 Å². The Kier molecular flexibility index (Phi) is 5.52. The molecule has 1 saturated heterocycles. The zero-order valence-electron chi connectivity index (χ0n) is 17.1. The Morgan fingerprint density at radius 2 is 0.667 bits per heavy atom. The van der Waals surface area contributed by atoms with E-state index in [0.29, 0.717) is 0 Å². The molecule has 0 aromatic carbocycles. The Morgan fingerprint density at radius 1 is 0.476 bits per heavy atom. The van der Waals surface area contributed by atoms with Gasteiger partial charge in [-0.15, -0.1) is 0 Å². The fourth-order valence-electron chi connectivity index (χ4n) is 5.93. The van der Waals surface area contributed by atoms with E-state index in [-0.39, 0.29) is 0 Å². The van der Waals surface area contributed by atoms with Crippen molar-refractivity contribution < 1.29 is 0 Å². The van der Waals surface area contributed by atoms with Crippen molar-refractivity contribution in [1.29, 1.82) is 0 Å². The molecule has 1 rings (SSSR count). The molecule has 0 aromatic heterocycles. The molecule has 1 fully saturated rings. The first-order valence-corrected chi connectivity index (χ1v) is 27.0. The minimum absolute atomic E-state index is 0.842. The monoisotopic (exact) mass is 466 g/mol. The average molecular weight is 466 g/mol. The Hall–Kier alpha value is 1.67. The Morgan fingerprint density at radius 3 is 0.762 bits per heavy atom. The molecule has 1 aliphatic rings. The molecular weight excluding hydrogens is 423 g/mol. The third-order valence-corrected chi connectivity index (χ3v) is 75.3. The van der Waals surface area contributed by atoms with Crippen molar-refractivity contribution in [3.8, 4) is 0 Å². The predicted molar refractivity (Wildman–Crippen MR) is 117 cm³/mol. The van der Waals surface area contributed by atoms with Crippen molar-refractivity contribution >= 4 is 53.4 Å². The molecule has 1 heterocycles. The average Bonchev–Trinajstić information content (AvgIpc) is 2.54. The molecule has 0 aliphatic carbocycles. The SMILES string of the molecule is C[Si](C)(C)[C]1([Si](C)(C)C)CC[C]([Si](C)(C)C)([Si](C)(C)C)[SnH2]1. The molecule has 0 unspecified atom stereocenters. The van der Waals surface area contributed by atoms with Gasteiger partial charge in [-0.2, -0.15) is 0 Å². The molecule has 0 radical (unpaired) electrons. The summed E-state index contributed by atoms with van der Waals surface area (Å²) in [5, 5.41) is 0. The van der Waals surface area contributed by atoms with Crippen LogP contribution in [0.5, 0.6) is 0 Å². The zero-order chi connectivity index (χ0) is 17.1. The normalized spacial score (nSPS) is 23.4. The predicted octanol–water partition coefficient (Wildman–Crippen LogP) is 5.78. The Balaban J connectivity index is 3.49. The van der Waals surface area contributed by atoms with Crippen LogP contribution in [0.3, 0.4) is 0 Å². The van der Waals surface area contributed by atoms with E-state index in [4.69, 9.17) is 0 Å². The summed E-state index contributed by atoms with van der Waals surface area (Å²) >= 11 is -0.842. The first kappa shape index (κ1) is 20.7. The van der Waals surface area contributed by atoms with Crippen molar-refractivity contribution in [2.24, 2.45) is 0 Å². The van der Waals surface area contributed by atoms with E-state index in [1.807, 2.05) is 0 Å². The van der Waals surface area contributed by atoms with Crippen LogP contribution >= 0.6 is 0 Å². The summed E-state index contributed by atoms with van der Waals surface area (Å²) < 4.78 is 1.95. The van der Waals surface area contributed by atoms with E-state index in [9.17, 15) is 0 Å². The zero-order valence-corrected chi connectivity index (χ0v) is 25.2. The topological polar surface area (TPSA) is 0 Å². The molecule has 0 spiro atoms. The molecule has 5 heteroatoms. The van der Waals surface area contributed by atoms with Crippen LogP contribution in [0.1, 0.15) is 12.8 Å². The van der Waals surface area contributed by atoms with Gasteiger partial charge in [0.05, 0.1) is 0 Å². The molecule has 0 atom stereocenters. The second-order valence-electron chi connectivity index (χ2n) is 11.8. The van der Waals surface area contributed by atoms with E-state index in [2.05, 4.69) is 78.6 Å². The summed E-state index contributed by atoms with van der Waals surface area (Å²) in [5.74, 6) is 0. The number of hydrogen-bond acceptors (Lipinski definition) is 0. The first-order chi connectivity index (χ1) is 8.91. The summed E-state index contributed by atoms with van der Waals surface area (Å²) in [7, 11) is -4.23. The van der Waals surface area contributed by atoms with Crippen LogP contribution < -0.4 is 0 Å². The third kappa shape index (κ3) is 3.26. The van der Waals surface area contributed by atoms with Gasteiger partial charge in [-0.05, 0) is 0 Å². The Labute approximate surface area is 149 Å². The van der Waals surface area contributed by atoms with Gasteiger partial charge in [0.25, 0.3) is 0 Å². The fourth-order valence-corrected chi connectivity index (χ4v) is 65.5. The van der Waals surface area contributed by atoms with Crippen molar-refractivity contribution in [3.05, 3.63) is 0 Å². The molecule has 0 aromatic rings. The third-order valence-electron chi connectivity index (χ3n) is 7.32. The molecule has 0 amide bonds. The molecule has 0 nitrogen and oxygen atoms in total. The van der Waals surface area contributed by atoms with Crippen molar-refractivity contribution in [2.45, 2.75) is 96.8 Å². The van der Waals surface area contributed by atoms with Crippen LogP contribution in [-0.2, 0) is 0 Å². The molecule has 0 bridgehead atoms. The van der Waals surface area contributed by atoms with Crippen LogP contribution in [-0.4, -0.2) is 53.4 Å². The van der Waals surface area contributed by atoms with E-state index in [0.717, 1.165) is 5.35 Å². The van der Waals surface area contributed by atoms with Gasteiger partial charge in [-0.25, -0.2) is 0 Å². The van der Waals surface area contributed by atoms with Gasteiger partial charge in [-0.3, -0.25) is 0 Å². The van der Waals surface area contributed by atoms with Crippen molar-refractivity contribution in [1.82, 2.24) is 0 Å². The molecule has 21 heavy (non-hydrogen) atoms. The van der Waals surface area contributed by atoms with Gasteiger partial charge < -0.3 is 0 Å². The number of hydrogen-bond donors (Lipinski definition) is 0. The van der Waals surface area contributed by atoms with Crippen LogP contribution in [0.4, 0.5) is 0 Å². The van der Waals surface area contributed by atoms with Gasteiger partial charge in [0.2, 0.25) is 0 Å². The second-order valence-corrected chi connectivity index (χ2v) is 50.6. The molecule has 0 saturated carbocycles. The quantitative estimate of drug-likeness (QED) is 0.462. The van der Waals surface area contributed by atoms with Gasteiger partial charge in [0.1, 0.15) is 0 Å². The van der Waals surface area contributed by atoms with Crippen LogP contribution in [0, 0.1) is 0 Å². The van der Waals surface area contributed by atoms with E-state index >= 15 is 0 Å². The van der Waals surface area contributed by atoms with Gasteiger partial charge in [0.15, 0.2) is 0 Å². The summed E-state index contributed by atoms with van der Waals surface area (Å²) in [4.78, 5) is 0. The number of rotatable bonds is 4. The maximum absolute atomic E-state index is 2.73. The van der Waals surface area contributed by atoms with Crippen LogP contribution in [0.2, 0.25) is 83.9 Å². The standard InChI is InChI=1S/C16H40Si4.Sn.2H/c1-17(2,3)15(18(4,5)6)13-14-16(19(7,8)9)20(10,11)12;;;/h13-14H2,1-12H3;;;. The maximum atomic E-state index is 2.73. The molecule has 126 valence electrons. The van der Waals surface area contributed by atoms with E-state index in [1.54, 1.807) is 12.8 Å². The molecule has 1 aliphatic heterocycles. The van der Waals surface area contributed by atoms with E-state index in [1.165, 1.54) is 0 Å². The summed E-state index contributed by atoms with van der Waals surface area (Å²) in [5.41, 5.74) is 0. The second kappa shape index (κ2) is 5.60. The van der Waals surface area contributed by atoms with Crippen LogP contribution in [0.25, 0.3) is 0 Å². The molecule has 0 N–H and O–H groups in total. The van der Waals surface area contributed by atoms with Crippen LogP contribution in [0.15, 0.2) is 0 Å². The van der Waals surface area contributed by atoms with Crippen molar-refractivity contribution in [3.63, 3.8) is 0 Å².